The number of nitrogens with one attached hydrogen (secondary N) is 2. The number of nitrogens with zero attached hydrogens (tertiary/aromatic N) is 1. The lowest BCUT2D eigenvalue weighted by Gasteiger charge is -2.40. The normalized spacial score (nSPS) is 20.5. The number of anilines is 1. The first-order valence-corrected chi connectivity index (χ1v) is 8.95. The lowest BCUT2D eigenvalue weighted by molar-refractivity contribution is -0.121. The van der Waals surface area contributed by atoms with Gasteiger partial charge in [-0.3, -0.25) is 9.69 Å². The Morgan fingerprint density at radius 3 is 2.29 bits per heavy atom. The Balaban J connectivity index is 1.47. The van der Waals surface area contributed by atoms with Crippen molar-refractivity contribution in [2.45, 2.75) is 45.3 Å². The maximum absolute atomic E-state index is 11.9. The van der Waals surface area contributed by atoms with Crippen molar-refractivity contribution >= 4 is 11.6 Å². The molecular weight excluding hydrogens is 302 g/mol. The number of piperidine rings is 1. The summed E-state index contributed by atoms with van der Waals surface area (Å²) >= 11 is 0. The number of carbonyl (C=O) groups excluding carboxylic acids is 1. The lowest BCUT2D eigenvalue weighted by Crippen LogP contribution is -2.48. The topological polar surface area (TPSA) is 53.6 Å². The molecule has 2 fully saturated rings. The van der Waals surface area contributed by atoms with Gasteiger partial charge in [-0.1, -0.05) is 0 Å². The molecule has 5 nitrogen and oxygen atoms in total. The highest BCUT2D eigenvalue weighted by molar-refractivity contribution is 5.93. The molecule has 3 rings (SSSR count). The van der Waals surface area contributed by atoms with Gasteiger partial charge in [0.05, 0.1) is 5.92 Å². The van der Waals surface area contributed by atoms with E-state index in [1.54, 1.807) is 0 Å². The highest BCUT2D eigenvalue weighted by Crippen LogP contribution is 2.24. The predicted molar refractivity (Wildman–Crippen MR) is 96.4 cm³/mol. The molecule has 0 saturated carbocycles. The van der Waals surface area contributed by atoms with Crippen LogP contribution in [0.15, 0.2) is 24.3 Å². The monoisotopic (exact) mass is 331 g/mol. The highest BCUT2D eigenvalue weighted by atomic mass is 16.5. The summed E-state index contributed by atoms with van der Waals surface area (Å²) in [6.07, 6.45) is 2.40. The molecule has 24 heavy (non-hydrogen) atoms. The van der Waals surface area contributed by atoms with Crippen molar-refractivity contribution < 1.29 is 9.53 Å². The van der Waals surface area contributed by atoms with Crippen LogP contribution in [0.5, 0.6) is 5.75 Å². The van der Waals surface area contributed by atoms with Gasteiger partial charge in [-0.25, -0.2) is 0 Å². The van der Waals surface area contributed by atoms with Gasteiger partial charge in [0.25, 0.3) is 0 Å². The Morgan fingerprint density at radius 1 is 1.17 bits per heavy atom. The molecule has 1 amide bonds. The number of ether oxygens (including phenoxy) is 1. The third kappa shape index (κ3) is 4.28. The van der Waals surface area contributed by atoms with E-state index >= 15 is 0 Å². The van der Waals surface area contributed by atoms with Crippen LogP contribution < -0.4 is 15.4 Å². The average molecular weight is 331 g/mol. The van der Waals surface area contributed by atoms with Crippen molar-refractivity contribution in [1.29, 1.82) is 0 Å². The maximum atomic E-state index is 11.9. The van der Waals surface area contributed by atoms with E-state index in [1.165, 1.54) is 0 Å². The first-order chi connectivity index (χ1) is 11.4. The number of rotatable bonds is 4. The van der Waals surface area contributed by atoms with Gasteiger partial charge in [0.1, 0.15) is 11.9 Å². The Bertz CT molecular complexity index is 553. The van der Waals surface area contributed by atoms with Crippen LogP contribution in [0.3, 0.4) is 0 Å². The van der Waals surface area contributed by atoms with Crippen LogP contribution in [-0.4, -0.2) is 48.6 Å². The number of hydrogen-bond acceptors (Lipinski definition) is 4. The smallest absolute Gasteiger partial charge is 0.230 e. The number of carbonyl (C=O) groups is 1. The molecule has 0 bridgehead atoms. The van der Waals surface area contributed by atoms with Crippen molar-refractivity contribution in [3.05, 3.63) is 24.3 Å². The molecule has 2 aliphatic rings. The van der Waals surface area contributed by atoms with Gasteiger partial charge in [0.2, 0.25) is 5.91 Å². The third-order valence-electron chi connectivity index (χ3n) is 4.97. The van der Waals surface area contributed by atoms with Crippen LogP contribution >= 0.6 is 0 Å². The van der Waals surface area contributed by atoms with Crippen LogP contribution in [-0.2, 0) is 4.79 Å². The molecule has 2 saturated heterocycles. The van der Waals surface area contributed by atoms with Gasteiger partial charge < -0.3 is 15.4 Å². The van der Waals surface area contributed by atoms with E-state index in [1.807, 2.05) is 24.3 Å². The predicted octanol–water partition coefficient (Wildman–Crippen LogP) is 2.49. The van der Waals surface area contributed by atoms with Crippen molar-refractivity contribution in [2.24, 2.45) is 5.92 Å². The summed E-state index contributed by atoms with van der Waals surface area (Å²) in [7, 11) is 0. The molecule has 1 aromatic rings. The minimum Gasteiger partial charge on any atom is -0.490 e. The molecule has 2 N–H and O–H groups in total. The van der Waals surface area contributed by atoms with Gasteiger partial charge in [-0.05, 0) is 57.9 Å². The van der Waals surface area contributed by atoms with E-state index in [-0.39, 0.29) is 23.5 Å². The van der Waals surface area contributed by atoms with E-state index < -0.39 is 0 Å². The summed E-state index contributed by atoms with van der Waals surface area (Å²) in [6, 6.07) is 7.74. The van der Waals surface area contributed by atoms with Gasteiger partial charge in [0.15, 0.2) is 0 Å². The van der Waals surface area contributed by atoms with Crippen molar-refractivity contribution in [3.8, 4) is 5.75 Å². The van der Waals surface area contributed by atoms with E-state index in [4.69, 9.17) is 4.74 Å². The standard InChI is InChI=1S/C19H29N3O2/c1-19(2,3)22-10-8-17(9-11-22)24-16-6-4-15(5-7-16)21-18(23)14-12-20-13-14/h4-7,14,17,20H,8-13H2,1-3H3,(H,21,23). The number of amides is 1. The van der Waals surface area contributed by atoms with Gasteiger partial charge >= 0.3 is 0 Å². The second-order valence-electron chi connectivity index (χ2n) is 7.84. The van der Waals surface area contributed by atoms with Gasteiger partial charge in [0, 0.05) is 37.4 Å². The van der Waals surface area contributed by atoms with Crippen molar-refractivity contribution in [3.63, 3.8) is 0 Å². The minimum absolute atomic E-state index is 0.0944. The zero-order valence-corrected chi connectivity index (χ0v) is 15.0. The molecule has 2 aliphatic heterocycles. The van der Waals surface area contributed by atoms with Crippen LogP contribution in [0.1, 0.15) is 33.6 Å². The molecule has 0 aromatic heterocycles. The first kappa shape index (κ1) is 17.2. The van der Waals surface area contributed by atoms with E-state index in [9.17, 15) is 4.79 Å². The molecule has 0 spiro atoms. The van der Waals surface area contributed by atoms with E-state index in [0.29, 0.717) is 0 Å². The van der Waals surface area contributed by atoms with Gasteiger partial charge in [-0.15, -0.1) is 0 Å². The fourth-order valence-electron chi connectivity index (χ4n) is 3.17. The zero-order chi connectivity index (χ0) is 17.2. The second kappa shape index (κ2) is 7.11. The molecule has 0 atom stereocenters. The number of hydrogen-bond donors (Lipinski definition) is 2. The highest BCUT2D eigenvalue weighted by Gasteiger charge is 2.28. The zero-order valence-electron chi connectivity index (χ0n) is 15.0. The molecule has 0 radical (unpaired) electrons. The van der Waals surface area contributed by atoms with Crippen LogP contribution in [0, 0.1) is 5.92 Å². The fraction of sp³-hybridized carbons (Fsp3) is 0.632. The average Bonchev–Trinajstić information content (AvgIpc) is 2.47. The summed E-state index contributed by atoms with van der Waals surface area (Å²) in [6.45, 7) is 10.5. The number of benzene rings is 1. The fourth-order valence-corrected chi connectivity index (χ4v) is 3.17. The molecule has 0 unspecified atom stereocenters. The molecule has 2 heterocycles. The summed E-state index contributed by atoms with van der Waals surface area (Å²) in [5.41, 5.74) is 1.07. The van der Waals surface area contributed by atoms with E-state index in [0.717, 1.165) is 50.5 Å². The summed E-state index contributed by atoms with van der Waals surface area (Å²) < 4.78 is 6.11. The third-order valence-corrected chi connectivity index (χ3v) is 4.97. The lowest BCUT2D eigenvalue weighted by atomic mass is 9.99. The largest absolute Gasteiger partial charge is 0.490 e. The molecule has 0 aliphatic carbocycles. The van der Waals surface area contributed by atoms with Gasteiger partial charge in [-0.2, -0.15) is 0 Å². The SMILES string of the molecule is CC(C)(C)N1CCC(Oc2ccc(NC(=O)C3CNC3)cc2)CC1. The molecule has 1 aromatic carbocycles. The van der Waals surface area contributed by atoms with Crippen molar-refractivity contribution in [2.75, 3.05) is 31.5 Å². The number of likely N-dealkylation sites (tertiary alicyclic amines) is 1. The summed E-state index contributed by atoms with van der Waals surface area (Å²) in [5.74, 6) is 1.08. The second-order valence-corrected chi connectivity index (χ2v) is 7.84. The summed E-state index contributed by atoms with van der Waals surface area (Å²) in [5, 5.41) is 6.07. The Hall–Kier alpha value is -1.59. The van der Waals surface area contributed by atoms with Crippen LogP contribution in [0.4, 0.5) is 5.69 Å². The molecule has 5 heteroatoms. The minimum atomic E-state index is 0.0944. The van der Waals surface area contributed by atoms with Crippen molar-refractivity contribution in [1.82, 2.24) is 10.2 Å². The summed E-state index contributed by atoms with van der Waals surface area (Å²) in [4.78, 5) is 14.4. The van der Waals surface area contributed by atoms with Crippen LogP contribution in [0.25, 0.3) is 0 Å². The van der Waals surface area contributed by atoms with Crippen LogP contribution in [0.2, 0.25) is 0 Å². The molecule has 132 valence electrons. The maximum Gasteiger partial charge on any atom is 0.230 e. The Kier molecular flexibility index (Phi) is 5.11. The molecular formula is C19H29N3O2. The quantitative estimate of drug-likeness (QED) is 0.890. The first-order valence-electron chi connectivity index (χ1n) is 8.95. The van der Waals surface area contributed by atoms with E-state index in [2.05, 4.69) is 36.3 Å². The Labute approximate surface area is 144 Å². The Morgan fingerprint density at radius 2 is 1.79 bits per heavy atom.